The Morgan fingerprint density at radius 2 is 1.97 bits per heavy atom. The Kier molecular flexibility index (Phi) is 5.51. The number of benzene rings is 1. The van der Waals surface area contributed by atoms with Gasteiger partial charge in [0.15, 0.2) is 6.04 Å². The number of amides is 1. The van der Waals surface area contributed by atoms with Gasteiger partial charge in [-0.25, -0.2) is 4.68 Å². The fourth-order valence-corrected chi connectivity index (χ4v) is 4.51. The Hall–Kier alpha value is -2.51. The summed E-state index contributed by atoms with van der Waals surface area (Å²) in [6.45, 7) is 4.96. The second kappa shape index (κ2) is 7.96. The molecule has 0 aliphatic carbocycles. The van der Waals surface area contributed by atoms with E-state index in [-0.39, 0.29) is 24.3 Å². The van der Waals surface area contributed by atoms with Gasteiger partial charge in [-0.3, -0.25) is 4.79 Å². The van der Waals surface area contributed by atoms with E-state index in [1.165, 1.54) is 0 Å². The van der Waals surface area contributed by atoms with E-state index in [4.69, 9.17) is 0 Å². The first-order valence-corrected chi connectivity index (χ1v) is 10.5. The lowest BCUT2D eigenvalue weighted by molar-refractivity contribution is -0.173. The molecule has 2 aliphatic rings. The molecule has 8 heteroatoms. The molecular weight excluding hydrogens is 393 g/mol. The van der Waals surface area contributed by atoms with Crippen molar-refractivity contribution in [1.29, 1.82) is 0 Å². The predicted molar refractivity (Wildman–Crippen MR) is 108 cm³/mol. The number of hydrogen-bond donors (Lipinski definition) is 1. The summed E-state index contributed by atoms with van der Waals surface area (Å²) in [5, 5.41) is 7.45. The highest BCUT2D eigenvalue weighted by Gasteiger charge is 2.45. The highest BCUT2D eigenvalue weighted by atomic mass is 19.4. The second-order valence-corrected chi connectivity index (χ2v) is 8.56. The molecule has 5 nitrogen and oxygen atoms in total. The number of aromatic nitrogens is 2. The van der Waals surface area contributed by atoms with Gasteiger partial charge in [-0.05, 0) is 38.7 Å². The van der Waals surface area contributed by atoms with Gasteiger partial charge in [0.2, 0.25) is 5.91 Å². The molecule has 1 aromatic heterocycles. The van der Waals surface area contributed by atoms with E-state index in [1.54, 1.807) is 13.0 Å². The van der Waals surface area contributed by atoms with Gasteiger partial charge in [0.05, 0.1) is 12.1 Å². The van der Waals surface area contributed by atoms with Gasteiger partial charge in [-0.2, -0.15) is 18.3 Å². The van der Waals surface area contributed by atoms with Crippen LogP contribution in [0.2, 0.25) is 0 Å². The van der Waals surface area contributed by atoms with Crippen LogP contribution in [0.1, 0.15) is 55.0 Å². The van der Waals surface area contributed by atoms with Crippen molar-refractivity contribution >= 4 is 11.7 Å². The number of aryl methyl sites for hydroxylation is 1. The number of carbonyl (C=O) groups excluding carboxylic acids is 1. The Morgan fingerprint density at radius 1 is 1.23 bits per heavy atom. The van der Waals surface area contributed by atoms with Gasteiger partial charge in [0.1, 0.15) is 5.82 Å². The van der Waals surface area contributed by atoms with Crippen molar-refractivity contribution in [3.05, 3.63) is 47.2 Å². The third-order valence-corrected chi connectivity index (χ3v) is 6.10. The summed E-state index contributed by atoms with van der Waals surface area (Å²) >= 11 is 0. The quantitative estimate of drug-likeness (QED) is 0.798. The summed E-state index contributed by atoms with van der Waals surface area (Å²) in [5.41, 5.74) is 2.82. The Labute approximate surface area is 174 Å². The van der Waals surface area contributed by atoms with Crippen molar-refractivity contribution in [3.63, 3.8) is 0 Å². The van der Waals surface area contributed by atoms with Crippen LogP contribution in [0.4, 0.5) is 19.0 Å². The highest BCUT2D eigenvalue weighted by Crippen LogP contribution is 2.40. The number of piperidine rings is 1. The summed E-state index contributed by atoms with van der Waals surface area (Å²) in [7, 11) is 0. The highest BCUT2D eigenvalue weighted by molar-refractivity contribution is 5.79. The number of anilines is 1. The number of rotatable bonds is 3. The van der Waals surface area contributed by atoms with E-state index in [0.29, 0.717) is 43.9 Å². The summed E-state index contributed by atoms with van der Waals surface area (Å²) in [6, 6.07) is 7.84. The summed E-state index contributed by atoms with van der Waals surface area (Å²) in [6.07, 6.45) is -2.55. The molecule has 162 valence electrons. The second-order valence-electron chi connectivity index (χ2n) is 8.56. The monoisotopic (exact) mass is 420 g/mol. The zero-order valence-electron chi connectivity index (χ0n) is 17.2. The first kappa shape index (κ1) is 20.8. The molecule has 2 aromatic rings. The number of hydrogen-bond acceptors (Lipinski definition) is 3. The normalized spacial score (nSPS) is 22.5. The molecule has 1 fully saturated rings. The predicted octanol–water partition coefficient (Wildman–Crippen LogP) is 4.45. The number of nitrogens with zero attached hydrogens (tertiary/aromatic N) is 3. The zero-order chi connectivity index (χ0) is 21.5. The Balaban J connectivity index is 1.41. The maximum Gasteiger partial charge on any atom is 0.410 e. The third-order valence-electron chi connectivity index (χ3n) is 6.10. The number of alkyl halides is 3. The summed E-state index contributed by atoms with van der Waals surface area (Å²) in [5.74, 6) is 0.594. The smallest absolute Gasteiger partial charge is 0.368 e. The first-order chi connectivity index (χ1) is 14.2. The van der Waals surface area contributed by atoms with E-state index < -0.39 is 12.2 Å². The maximum atomic E-state index is 13.5. The van der Waals surface area contributed by atoms with Crippen molar-refractivity contribution < 1.29 is 18.0 Å². The molecule has 2 atom stereocenters. The van der Waals surface area contributed by atoms with E-state index in [2.05, 4.69) is 10.4 Å². The van der Waals surface area contributed by atoms with Gasteiger partial charge < -0.3 is 10.2 Å². The van der Waals surface area contributed by atoms with Crippen LogP contribution < -0.4 is 5.32 Å². The van der Waals surface area contributed by atoms with Crippen LogP contribution in [0.25, 0.3) is 0 Å². The minimum Gasteiger partial charge on any atom is -0.368 e. The SMILES string of the molecule is Cc1cccc(CC(=O)N2CCC(c3cc4n(n3)[C@@H](C(F)(F)F)C[C@@H](C)N4)CC2)c1. The average molecular weight is 420 g/mol. The van der Waals surface area contributed by atoms with Crippen molar-refractivity contribution in [1.82, 2.24) is 14.7 Å². The molecule has 4 rings (SSSR count). The van der Waals surface area contributed by atoms with Crippen molar-refractivity contribution in [2.24, 2.45) is 0 Å². The molecular formula is C22H27F3N4O. The first-order valence-electron chi connectivity index (χ1n) is 10.5. The van der Waals surface area contributed by atoms with Gasteiger partial charge in [-0.1, -0.05) is 29.8 Å². The maximum absolute atomic E-state index is 13.5. The van der Waals surface area contributed by atoms with Crippen LogP contribution in [-0.2, 0) is 11.2 Å². The molecule has 3 heterocycles. The molecule has 2 aliphatic heterocycles. The largest absolute Gasteiger partial charge is 0.410 e. The summed E-state index contributed by atoms with van der Waals surface area (Å²) in [4.78, 5) is 14.5. The molecule has 1 amide bonds. The lowest BCUT2D eigenvalue weighted by atomic mass is 9.93. The molecule has 1 aromatic carbocycles. The summed E-state index contributed by atoms with van der Waals surface area (Å²) < 4.78 is 41.5. The zero-order valence-corrected chi connectivity index (χ0v) is 17.2. The number of nitrogens with one attached hydrogen (secondary N) is 1. The average Bonchev–Trinajstić information content (AvgIpc) is 3.10. The fraction of sp³-hybridized carbons (Fsp3) is 0.545. The lowest BCUT2D eigenvalue weighted by Gasteiger charge is -2.32. The number of likely N-dealkylation sites (tertiary alicyclic amines) is 1. The van der Waals surface area contributed by atoms with E-state index in [9.17, 15) is 18.0 Å². The molecule has 0 radical (unpaired) electrons. The van der Waals surface area contributed by atoms with Crippen LogP contribution in [0.5, 0.6) is 0 Å². The van der Waals surface area contributed by atoms with Crippen molar-refractivity contribution in [2.45, 2.75) is 63.7 Å². The molecule has 1 saturated heterocycles. The minimum atomic E-state index is -4.32. The molecule has 0 saturated carbocycles. The topological polar surface area (TPSA) is 50.2 Å². The van der Waals surface area contributed by atoms with Crippen LogP contribution in [0.3, 0.4) is 0 Å². The minimum absolute atomic E-state index is 0.0243. The number of halogens is 3. The number of carbonyl (C=O) groups is 1. The van der Waals surface area contributed by atoms with Crippen molar-refractivity contribution in [2.75, 3.05) is 18.4 Å². The van der Waals surface area contributed by atoms with Gasteiger partial charge in [-0.15, -0.1) is 0 Å². The van der Waals surface area contributed by atoms with Crippen molar-refractivity contribution in [3.8, 4) is 0 Å². The third kappa shape index (κ3) is 4.32. The molecule has 0 bridgehead atoms. The van der Waals surface area contributed by atoms with Crippen LogP contribution in [0.15, 0.2) is 30.3 Å². The van der Waals surface area contributed by atoms with Gasteiger partial charge >= 0.3 is 6.18 Å². The van der Waals surface area contributed by atoms with E-state index in [0.717, 1.165) is 15.8 Å². The number of fused-ring (bicyclic) bond motifs is 1. The van der Waals surface area contributed by atoms with Gasteiger partial charge in [0, 0.05) is 31.1 Å². The fourth-order valence-electron chi connectivity index (χ4n) is 4.51. The van der Waals surface area contributed by atoms with Crippen LogP contribution in [-0.4, -0.2) is 45.9 Å². The molecule has 30 heavy (non-hydrogen) atoms. The molecule has 0 unspecified atom stereocenters. The molecule has 0 spiro atoms. The van der Waals surface area contributed by atoms with Crippen LogP contribution >= 0.6 is 0 Å². The Morgan fingerprint density at radius 3 is 2.63 bits per heavy atom. The van der Waals surface area contributed by atoms with Gasteiger partial charge in [0.25, 0.3) is 0 Å². The standard InChI is InChI=1S/C22H27F3N4O/c1-14-4-3-5-16(10-14)12-21(30)28-8-6-17(7-9-28)18-13-20-26-15(2)11-19(22(23,24)25)29(20)27-18/h3-5,10,13,15,17,19,26H,6-9,11-12H2,1-2H3/t15-,19-/m1/s1. The van der Waals surface area contributed by atoms with E-state index >= 15 is 0 Å². The Bertz CT molecular complexity index is 915. The van der Waals surface area contributed by atoms with Crippen LogP contribution in [0, 0.1) is 6.92 Å². The van der Waals surface area contributed by atoms with E-state index in [1.807, 2.05) is 36.1 Å². The molecule has 1 N–H and O–H groups in total. The lowest BCUT2D eigenvalue weighted by Crippen LogP contribution is -2.39.